The maximum absolute atomic E-state index is 13.2. The molecule has 0 radical (unpaired) electrons. The fourth-order valence-corrected chi connectivity index (χ4v) is 4.91. The Morgan fingerprint density at radius 1 is 1.03 bits per heavy atom. The van der Waals surface area contributed by atoms with Gasteiger partial charge in [-0.3, -0.25) is 14.7 Å². The predicted octanol–water partition coefficient (Wildman–Crippen LogP) is 3.83. The summed E-state index contributed by atoms with van der Waals surface area (Å²) < 4.78 is 5.89. The molecule has 2 amide bonds. The van der Waals surface area contributed by atoms with Crippen LogP contribution in [0.5, 0.6) is 5.75 Å². The molecule has 4 rings (SSSR count). The number of likely N-dealkylation sites (tertiary alicyclic amines) is 2. The van der Waals surface area contributed by atoms with E-state index in [4.69, 9.17) is 4.74 Å². The van der Waals surface area contributed by atoms with Gasteiger partial charge in [-0.25, -0.2) is 0 Å². The fraction of sp³-hybridized carbons (Fsp3) is 0.560. The molecule has 2 saturated heterocycles. The fourth-order valence-electron chi connectivity index (χ4n) is 4.91. The molecular formula is C25H34N4O3. The van der Waals surface area contributed by atoms with E-state index in [1.54, 1.807) is 6.20 Å². The number of rotatable bonds is 5. The molecule has 2 aromatic rings. The number of amides is 2. The van der Waals surface area contributed by atoms with Crippen molar-refractivity contribution < 1.29 is 14.3 Å². The summed E-state index contributed by atoms with van der Waals surface area (Å²) in [6.07, 6.45) is 7.99. The Bertz CT molecular complexity index is 926. The van der Waals surface area contributed by atoms with Crippen molar-refractivity contribution >= 4 is 11.8 Å². The largest absolute Gasteiger partial charge is 0.483 e. The summed E-state index contributed by atoms with van der Waals surface area (Å²) in [4.78, 5) is 29.9. The number of aromatic amines is 1. The van der Waals surface area contributed by atoms with E-state index in [-0.39, 0.29) is 24.3 Å². The van der Waals surface area contributed by atoms with Crippen molar-refractivity contribution in [3.05, 3.63) is 46.8 Å². The Morgan fingerprint density at radius 3 is 2.44 bits per heavy atom. The molecule has 3 heterocycles. The monoisotopic (exact) mass is 438 g/mol. The molecule has 2 fully saturated rings. The highest BCUT2D eigenvalue weighted by Gasteiger charge is 2.30. The number of piperidine rings is 1. The van der Waals surface area contributed by atoms with Crippen molar-refractivity contribution in [2.45, 2.75) is 58.3 Å². The van der Waals surface area contributed by atoms with Gasteiger partial charge in [-0.1, -0.05) is 31.0 Å². The normalized spacial score (nSPS) is 19.5. The van der Waals surface area contributed by atoms with Crippen molar-refractivity contribution in [3.63, 3.8) is 0 Å². The second-order valence-corrected chi connectivity index (χ2v) is 9.09. The van der Waals surface area contributed by atoms with Crippen LogP contribution in [0.1, 0.15) is 71.6 Å². The minimum atomic E-state index is -0.0164. The number of hydrogen-bond acceptors (Lipinski definition) is 4. The van der Waals surface area contributed by atoms with E-state index in [0.717, 1.165) is 67.9 Å². The van der Waals surface area contributed by atoms with Crippen molar-refractivity contribution in [3.8, 4) is 5.75 Å². The molecule has 0 aliphatic carbocycles. The first-order chi connectivity index (χ1) is 15.5. The summed E-state index contributed by atoms with van der Waals surface area (Å²) in [5.74, 6) is 0.921. The number of aromatic nitrogens is 2. The van der Waals surface area contributed by atoms with Crippen LogP contribution < -0.4 is 4.74 Å². The second kappa shape index (κ2) is 10.2. The van der Waals surface area contributed by atoms with Crippen LogP contribution >= 0.6 is 0 Å². The molecular weight excluding hydrogens is 404 g/mol. The molecule has 1 aromatic carbocycles. The van der Waals surface area contributed by atoms with Crippen LogP contribution in [-0.4, -0.2) is 64.6 Å². The van der Waals surface area contributed by atoms with E-state index in [0.29, 0.717) is 12.1 Å². The highest BCUT2D eigenvalue weighted by atomic mass is 16.5. The number of H-pyrrole nitrogens is 1. The van der Waals surface area contributed by atoms with Crippen molar-refractivity contribution in [2.24, 2.45) is 0 Å². The Kier molecular flexibility index (Phi) is 7.12. The van der Waals surface area contributed by atoms with Crippen molar-refractivity contribution in [2.75, 3.05) is 32.8 Å². The average molecular weight is 439 g/mol. The SMILES string of the molecule is Cc1cccc(C)c1OCC(=O)N1CCCC(c2[nH]ncc2C(=O)N2CCCCCC2)C1. The van der Waals surface area contributed by atoms with Gasteiger partial charge in [0.1, 0.15) is 5.75 Å². The highest BCUT2D eigenvalue weighted by Crippen LogP contribution is 2.29. The summed E-state index contributed by atoms with van der Waals surface area (Å²) in [6.45, 7) is 6.94. The lowest BCUT2D eigenvalue weighted by Gasteiger charge is -2.33. The molecule has 0 spiro atoms. The zero-order valence-corrected chi connectivity index (χ0v) is 19.2. The van der Waals surface area contributed by atoms with Gasteiger partial charge in [0, 0.05) is 32.1 Å². The van der Waals surface area contributed by atoms with Gasteiger partial charge in [-0.05, 0) is 50.7 Å². The van der Waals surface area contributed by atoms with Crippen LogP contribution in [0.4, 0.5) is 0 Å². The summed E-state index contributed by atoms with van der Waals surface area (Å²) >= 11 is 0. The van der Waals surface area contributed by atoms with Gasteiger partial charge in [0.2, 0.25) is 0 Å². The Morgan fingerprint density at radius 2 is 1.72 bits per heavy atom. The van der Waals surface area contributed by atoms with Gasteiger partial charge in [-0.2, -0.15) is 5.10 Å². The first kappa shape index (κ1) is 22.4. The minimum absolute atomic E-state index is 0.0164. The first-order valence-corrected chi connectivity index (χ1v) is 11.8. The molecule has 2 aliphatic rings. The van der Waals surface area contributed by atoms with E-state index >= 15 is 0 Å². The maximum atomic E-state index is 13.2. The second-order valence-electron chi connectivity index (χ2n) is 9.09. The number of nitrogens with one attached hydrogen (secondary N) is 1. The number of aryl methyl sites for hydroxylation is 2. The number of carbonyl (C=O) groups excluding carboxylic acids is 2. The van der Waals surface area contributed by atoms with Crippen LogP contribution in [-0.2, 0) is 4.79 Å². The predicted molar refractivity (Wildman–Crippen MR) is 123 cm³/mol. The van der Waals surface area contributed by atoms with E-state index in [2.05, 4.69) is 10.2 Å². The third-order valence-corrected chi connectivity index (χ3v) is 6.72. The molecule has 7 nitrogen and oxygen atoms in total. The smallest absolute Gasteiger partial charge is 0.260 e. The number of benzene rings is 1. The Balaban J connectivity index is 1.40. The topological polar surface area (TPSA) is 78.5 Å². The summed E-state index contributed by atoms with van der Waals surface area (Å²) in [5, 5.41) is 7.28. The lowest BCUT2D eigenvalue weighted by Crippen LogP contribution is -2.42. The van der Waals surface area contributed by atoms with Gasteiger partial charge in [0.05, 0.1) is 17.5 Å². The van der Waals surface area contributed by atoms with Gasteiger partial charge in [0.15, 0.2) is 6.61 Å². The summed E-state index contributed by atoms with van der Waals surface area (Å²) in [5.41, 5.74) is 3.59. The van der Waals surface area contributed by atoms with Gasteiger partial charge in [-0.15, -0.1) is 0 Å². The molecule has 1 atom stereocenters. The van der Waals surface area contributed by atoms with E-state index in [1.165, 1.54) is 12.8 Å². The number of carbonyl (C=O) groups is 2. The van der Waals surface area contributed by atoms with Crippen LogP contribution in [0, 0.1) is 13.8 Å². The molecule has 1 unspecified atom stereocenters. The summed E-state index contributed by atoms with van der Waals surface area (Å²) in [6, 6.07) is 5.97. The van der Waals surface area contributed by atoms with Gasteiger partial charge >= 0.3 is 0 Å². The number of hydrogen-bond donors (Lipinski definition) is 1. The molecule has 2 aliphatic heterocycles. The minimum Gasteiger partial charge on any atom is -0.483 e. The molecule has 7 heteroatoms. The Labute approximate surface area is 190 Å². The van der Waals surface area contributed by atoms with Crippen LogP contribution in [0.25, 0.3) is 0 Å². The van der Waals surface area contributed by atoms with Gasteiger partial charge < -0.3 is 14.5 Å². The lowest BCUT2D eigenvalue weighted by molar-refractivity contribution is -0.134. The molecule has 0 bridgehead atoms. The van der Waals surface area contributed by atoms with Gasteiger partial charge in [0.25, 0.3) is 11.8 Å². The Hall–Kier alpha value is -2.83. The van der Waals surface area contributed by atoms with Crippen LogP contribution in [0.15, 0.2) is 24.4 Å². The number of para-hydroxylation sites is 1. The third-order valence-electron chi connectivity index (χ3n) is 6.72. The lowest BCUT2D eigenvalue weighted by atomic mass is 9.92. The van der Waals surface area contributed by atoms with Crippen molar-refractivity contribution in [1.82, 2.24) is 20.0 Å². The van der Waals surface area contributed by atoms with Crippen molar-refractivity contribution in [1.29, 1.82) is 0 Å². The number of ether oxygens (including phenoxy) is 1. The van der Waals surface area contributed by atoms with E-state index in [1.807, 2.05) is 41.8 Å². The summed E-state index contributed by atoms with van der Waals surface area (Å²) in [7, 11) is 0. The average Bonchev–Trinajstić information content (AvgIpc) is 3.13. The molecule has 172 valence electrons. The third kappa shape index (κ3) is 4.97. The van der Waals surface area contributed by atoms with Crippen LogP contribution in [0.2, 0.25) is 0 Å². The standard InChI is InChI=1S/C25H34N4O3/c1-18-9-7-10-19(2)24(18)32-17-22(30)29-14-8-11-20(16-29)23-21(15-26-27-23)25(31)28-12-5-3-4-6-13-28/h7,9-10,15,20H,3-6,8,11-14,16-17H2,1-2H3,(H,26,27). The van der Waals surface area contributed by atoms with Crippen LogP contribution in [0.3, 0.4) is 0 Å². The molecule has 32 heavy (non-hydrogen) atoms. The quantitative estimate of drug-likeness (QED) is 0.770. The first-order valence-electron chi connectivity index (χ1n) is 11.8. The zero-order chi connectivity index (χ0) is 22.5. The van der Waals surface area contributed by atoms with E-state index in [9.17, 15) is 9.59 Å². The molecule has 0 saturated carbocycles. The zero-order valence-electron chi connectivity index (χ0n) is 19.2. The number of nitrogens with zero attached hydrogens (tertiary/aromatic N) is 3. The molecule has 1 N–H and O–H groups in total. The molecule has 1 aromatic heterocycles. The maximum Gasteiger partial charge on any atom is 0.260 e. The highest BCUT2D eigenvalue weighted by molar-refractivity contribution is 5.95. The van der Waals surface area contributed by atoms with E-state index < -0.39 is 0 Å².